The van der Waals surface area contributed by atoms with Crippen LogP contribution in [-0.2, 0) is 9.59 Å². The highest BCUT2D eigenvalue weighted by atomic mass is 16.6. The Morgan fingerprint density at radius 2 is 1.85 bits per heavy atom. The molecule has 0 spiro atoms. The maximum absolute atomic E-state index is 13.8. The number of dihydropyridines is 1. The van der Waals surface area contributed by atoms with Crippen LogP contribution in [0.3, 0.4) is 0 Å². The third-order valence-electron chi connectivity index (χ3n) is 7.23. The highest BCUT2D eigenvalue weighted by molar-refractivity contribution is 6.09. The van der Waals surface area contributed by atoms with Gasteiger partial charge in [-0.25, -0.2) is 4.98 Å². The maximum Gasteiger partial charge on any atom is 0.269 e. The minimum Gasteiger partial charge on any atom is -0.497 e. The Morgan fingerprint density at radius 1 is 1.08 bits per heavy atom. The zero-order valence-corrected chi connectivity index (χ0v) is 21.9. The van der Waals surface area contributed by atoms with Gasteiger partial charge in [-0.05, 0) is 61.1 Å². The molecule has 1 aliphatic heterocycles. The van der Waals surface area contributed by atoms with Crippen LogP contribution in [0.4, 0.5) is 11.5 Å². The molecule has 0 radical (unpaired) electrons. The number of ether oxygens (including phenoxy) is 1. The first kappa shape index (κ1) is 25.8. The third kappa shape index (κ3) is 5.16. The summed E-state index contributed by atoms with van der Waals surface area (Å²) >= 11 is 0. The summed E-state index contributed by atoms with van der Waals surface area (Å²) < 4.78 is 5.26. The van der Waals surface area contributed by atoms with E-state index in [1.807, 2.05) is 37.3 Å². The van der Waals surface area contributed by atoms with E-state index in [0.29, 0.717) is 34.6 Å². The van der Waals surface area contributed by atoms with Crippen molar-refractivity contribution < 1.29 is 19.2 Å². The fraction of sp³-hybridized carbons (Fsp3) is 0.233. The molecule has 0 fully saturated rings. The van der Waals surface area contributed by atoms with Crippen molar-refractivity contribution in [1.29, 1.82) is 0 Å². The zero-order chi connectivity index (χ0) is 27.7. The average Bonchev–Trinajstić information content (AvgIpc) is 2.93. The van der Waals surface area contributed by atoms with Crippen LogP contribution >= 0.6 is 0 Å². The highest BCUT2D eigenvalue weighted by Gasteiger charge is 2.41. The van der Waals surface area contributed by atoms with E-state index in [1.165, 1.54) is 12.1 Å². The van der Waals surface area contributed by atoms with E-state index in [1.54, 1.807) is 38.4 Å². The monoisotopic (exact) mass is 524 g/mol. The van der Waals surface area contributed by atoms with Crippen molar-refractivity contribution in [1.82, 2.24) is 10.3 Å². The minimum absolute atomic E-state index is 0.0552. The Bertz CT molecular complexity index is 1520. The molecule has 5 rings (SSSR count). The first-order valence-corrected chi connectivity index (χ1v) is 12.6. The number of hydrogen-bond donors (Lipinski definition) is 2. The summed E-state index contributed by atoms with van der Waals surface area (Å²) in [5, 5.41) is 17.8. The number of nitrogens with zero attached hydrogens (tertiary/aromatic N) is 2. The number of non-ortho nitro benzene ring substituents is 1. The number of nitro benzene ring substituents is 1. The van der Waals surface area contributed by atoms with Gasteiger partial charge in [0.2, 0.25) is 0 Å². The molecule has 9 nitrogen and oxygen atoms in total. The highest BCUT2D eigenvalue weighted by Crippen LogP contribution is 2.46. The molecule has 198 valence electrons. The molecular weight excluding hydrogens is 496 g/mol. The van der Waals surface area contributed by atoms with Crippen molar-refractivity contribution in [3.63, 3.8) is 0 Å². The van der Waals surface area contributed by atoms with E-state index in [-0.39, 0.29) is 23.8 Å². The zero-order valence-electron chi connectivity index (χ0n) is 21.9. The number of anilines is 1. The number of methoxy groups -OCH3 is 1. The van der Waals surface area contributed by atoms with Gasteiger partial charge >= 0.3 is 0 Å². The standard InChI is InChI=1S/C30H28N4O5/c1-17-7-12-26(31-16-17)33-30(36)27-18(2)32-24-14-21(19-8-10-23(39-3)11-9-19)15-25(35)29(24)28(27)20-5-4-6-22(13-20)34(37)38/h4-13,16,21,28,32H,14-15H2,1-3H3,(H,31,33,36). The van der Waals surface area contributed by atoms with Gasteiger partial charge in [0.05, 0.1) is 12.0 Å². The number of aryl methyl sites for hydroxylation is 1. The Kier molecular flexibility index (Phi) is 6.98. The number of carbonyl (C=O) groups is 2. The molecular formula is C30H28N4O5. The van der Waals surface area contributed by atoms with Crippen LogP contribution in [0.25, 0.3) is 0 Å². The van der Waals surface area contributed by atoms with Gasteiger partial charge in [-0.3, -0.25) is 19.7 Å². The van der Waals surface area contributed by atoms with E-state index in [4.69, 9.17) is 4.74 Å². The van der Waals surface area contributed by atoms with Crippen LogP contribution in [0.5, 0.6) is 5.75 Å². The SMILES string of the molecule is COc1ccc(C2CC(=O)C3=C(C2)NC(C)=C(C(=O)Nc2ccc(C)cn2)C3c2cccc([N+](=O)[O-])c2)cc1. The number of hydrogen-bond acceptors (Lipinski definition) is 7. The summed E-state index contributed by atoms with van der Waals surface area (Å²) in [7, 11) is 1.61. The fourth-order valence-corrected chi connectivity index (χ4v) is 5.33. The number of rotatable bonds is 6. The second-order valence-corrected chi connectivity index (χ2v) is 9.82. The third-order valence-corrected chi connectivity index (χ3v) is 7.23. The normalized spacial score (nSPS) is 18.8. The van der Waals surface area contributed by atoms with Crippen molar-refractivity contribution in [3.05, 3.63) is 116 Å². The molecule has 2 heterocycles. The number of amides is 1. The fourth-order valence-electron chi connectivity index (χ4n) is 5.33. The van der Waals surface area contributed by atoms with Crippen LogP contribution in [0, 0.1) is 17.0 Å². The number of carbonyl (C=O) groups excluding carboxylic acids is 2. The van der Waals surface area contributed by atoms with Gasteiger partial charge in [0, 0.05) is 53.2 Å². The van der Waals surface area contributed by atoms with Gasteiger partial charge in [-0.1, -0.05) is 30.3 Å². The van der Waals surface area contributed by atoms with Gasteiger partial charge in [0.25, 0.3) is 11.6 Å². The van der Waals surface area contributed by atoms with Crippen LogP contribution in [0.15, 0.2) is 89.4 Å². The van der Waals surface area contributed by atoms with E-state index < -0.39 is 16.7 Å². The Hall–Kier alpha value is -4.79. The predicted octanol–water partition coefficient (Wildman–Crippen LogP) is 5.31. The number of Topliss-reactive ketones (excluding diaryl/α,β-unsaturated/α-hetero) is 1. The largest absolute Gasteiger partial charge is 0.497 e. The minimum atomic E-state index is -0.768. The molecule has 2 aromatic carbocycles. The van der Waals surface area contributed by atoms with Gasteiger partial charge in [0.15, 0.2) is 5.78 Å². The second-order valence-electron chi connectivity index (χ2n) is 9.82. The van der Waals surface area contributed by atoms with Gasteiger partial charge in [0.1, 0.15) is 11.6 Å². The van der Waals surface area contributed by atoms with Crippen molar-refractivity contribution in [2.45, 2.75) is 38.5 Å². The Balaban J connectivity index is 1.56. The molecule has 1 aromatic heterocycles. The molecule has 1 aliphatic carbocycles. The number of aromatic nitrogens is 1. The van der Waals surface area contributed by atoms with Crippen LogP contribution in [0.1, 0.15) is 48.3 Å². The number of pyridine rings is 1. The number of allylic oxidation sites excluding steroid dienone is 3. The molecule has 0 saturated heterocycles. The summed E-state index contributed by atoms with van der Waals surface area (Å²) in [5.41, 5.74) is 4.47. The summed E-state index contributed by atoms with van der Waals surface area (Å²) in [6, 6.07) is 17.3. The molecule has 3 aromatic rings. The quantitative estimate of drug-likeness (QED) is 0.331. The first-order chi connectivity index (χ1) is 18.7. The summed E-state index contributed by atoms with van der Waals surface area (Å²) in [6.07, 6.45) is 2.47. The van der Waals surface area contributed by atoms with Crippen molar-refractivity contribution in [2.75, 3.05) is 12.4 Å². The lowest BCUT2D eigenvalue weighted by Gasteiger charge is -2.37. The van der Waals surface area contributed by atoms with Gasteiger partial charge in [-0.2, -0.15) is 0 Å². The van der Waals surface area contributed by atoms with Crippen LogP contribution in [-0.4, -0.2) is 28.7 Å². The summed E-state index contributed by atoms with van der Waals surface area (Å²) in [4.78, 5) is 42.8. The lowest BCUT2D eigenvalue weighted by Crippen LogP contribution is -2.37. The second kappa shape index (κ2) is 10.5. The van der Waals surface area contributed by atoms with Crippen molar-refractivity contribution >= 4 is 23.2 Å². The lowest BCUT2D eigenvalue weighted by molar-refractivity contribution is -0.384. The number of nitrogens with one attached hydrogen (secondary N) is 2. The number of benzene rings is 2. The van der Waals surface area contributed by atoms with Gasteiger partial charge in [-0.15, -0.1) is 0 Å². The predicted molar refractivity (Wildman–Crippen MR) is 146 cm³/mol. The van der Waals surface area contributed by atoms with E-state index in [0.717, 1.165) is 22.6 Å². The van der Waals surface area contributed by atoms with Crippen LogP contribution < -0.4 is 15.4 Å². The molecule has 1 amide bonds. The van der Waals surface area contributed by atoms with Gasteiger partial charge < -0.3 is 15.4 Å². The molecule has 39 heavy (non-hydrogen) atoms. The molecule has 0 bridgehead atoms. The first-order valence-electron chi connectivity index (χ1n) is 12.6. The van der Waals surface area contributed by atoms with E-state index >= 15 is 0 Å². The van der Waals surface area contributed by atoms with Crippen molar-refractivity contribution in [3.8, 4) is 5.75 Å². The Morgan fingerprint density at radius 3 is 2.51 bits per heavy atom. The average molecular weight is 525 g/mol. The molecule has 0 saturated carbocycles. The van der Waals surface area contributed by atoms with E-state index in [9.17, 15) is 19.7 Å². The lowest BCUT2D eigenvalue weighted by atomic mass is 9.71. The molecule has 2 atom stereocenters. The molecule has 2 aliphatic rings. The number of nitro groups is 1. The Labute approximate surface area is 225 Å². The van der Waals surface area contributed by atoms with Crippen LogP contribution in [0.2, 0.25) is 0 Å². The van der Waals surface area contributed by atoms with Crippen molar-refractivity contribution in [2.24, 2.45) is 0 Å². The molecule has 9 heteroatoms. The molecule has 2 unspecified atom stereocenters. The summed E-state index contributed by atoms with van der Waals surface area (Å²) in [5.74, 6) is -0.245. The molecule has 2 N–H and O–H groups in total. The maximum atomic E-state index is 13.8. The van der Waals surface area contributed by atoms with E-state index in [2.05, 4.69) is 15.6 Å². The number of ketones is 1. The smallest absolute Gasteiger partial charge is 0.269 e. The topological polar surface area (TPSA) is 123 Å². The summed E-state index contributed by atoms with van der Waals surface area (Å²) in [6.45, 7) is 3.68.